The van der Waals surface area contributed by atoms with Crippen molar-refractivity contribution in [3.63, 3.8) is 0 Å². The quantitative estimate of drug-likeness (QED) is 0.740. The summed E-state index contributed by atoms with van der Waals surface area (Å²) in [4.78, 5) is 38.5. The molecule has 0 aromatic heterocycles. The van der Waals surface area contributed by atoms with E-state index in [4.69, 9.17) is 9.47 Å². The van der Waals surface area contributed by atoms with E-state index in [0.29, 0.717) is 41.5 Å². The summed E-state index contributed by atoms with van der Waals surface area (Å²) in [6.07, 6.45) is -0.311. The first-order chi connectivity index (χ1) is 14.4. The van der Waals surface area contributed by atoms with Crippen molar-refractivity contribution in [2.24, 2.45) is 5.92 Å². The van der Waals surface area contributed by atoms with Crippen LogP contribution in [0.15, 0.2) is 42.5 Å². The Morgan fingerprint density at radius 3 is 2.60 bits per heavy atom. The van der Waals surface area contributed by atoms with Crippen molar-refractivity contribution in [2.45, 2.75) is 20.0 Å². The van der Waals surface area contributed by atoms with Gasteiger partial charge in [0.05, 0.1) is 17.7 Å². The molecule has 4 rings (SSSR count). The first-order valence-electron chi connectivity index (χ1n) is 9.86. The molecule has 8 nitrogen and oxygen atoms in total. The van der Waals surface area contributed by atoms with E-state index >= 15 is 0 Å². The van der Waals surface area contributed by atoms with Crippen molar-refractivity contribution in [1.29, 1.82) is 0 Å². The summed E-state index contributed by atoms with van der Waals surface area (Å²) >= 11 is 0. The first kappa shape index (κ1) is 19.8. The third kappa shape index (κ3) is 3.94. The monoisotopic (exact) mass is 409 g/mol. The Bertz CT molecular complexity index is 1000. The molecule has 2 N–H and O–H groups in total. The van der Waals surface area contributed by atoms with E-state index in [9.17, 15) is 14.4 Å². The molecule has 0 bridgehead atoms. The molecule has 2 aliphatic heterocycles. The van der Waals surface area contributed by atoms with Gasteiger partial charge < -0.3 is 20.1 Å². The molecule has 8 heteroatoms. The zero-order chi connectivity index (χ0) is 21.3. The maximum Gasteiger partial charge on any atom is 0.319 e. The molecule has 156 valence electrons. The third-order valence-corrected chi connectivity index (χ3v) is 4.83. The van der Waals surface area contributed by atoms with Gasteiger partial charge in [0.15, 0.2) is 17.6 Å². The van der Waals surface area contributed by atoms with Gasteiger partial charge in [0.25, 0.3) is 11.8 Å². The minimum absolute atomic E-state index is 0.175. The van der Waals surface area contributed by atoms with Crippen LogP contribution < -0.4 is 20.1 Å². The number of hydrogen-bond donors (Lipinski definition) is 2. The molecule has 2 aromatic rings. The van der Waals surface area contributed by atoms with Crippen LogP contribution in [0.25, 0.3) is 0 Å². The van der Waals surface area contributed by atoms with E-state index in [0.717, 1.165) is 0 Å². The summed E-state index contributed by atoms with van der Waals surface area (Å²) in [6, 6.07) is 11.6. The van der Waals surface area contributed by atoms with Gasteiger partial charge in [0, 0.05) is 12.2 Å². The number of amides is 4. The highest BCUT2D eigenvalue weighted by Gasteiger charge is 2.35. The van der Waals surface area contributed by atoms with Gasteiger partial charge in [-0.25, -0.2) is 4.79 Å². The predicted molar refractivity (Wildman–Crippen MR) is 110 cm³/mol. The van der Waals surface area contributed by atoms with Gasteiger partial charge in [-0.05, 0) is 36.2 Å². The Kier molecular flexibility index (Phi) is 5.31. The largest absolute Gasteiger partial charge is 0.486 e. The molecule has 30 heavy (non-hydrogen) atoms. The molecular formula is C22H23N3O5. The van der Waals surface area contributed by atoms with Crippen molar-refractivity contribution in [1.82, 2.24) is 10.2 Å². The topological polar surface area (TPSA) is 97.0 Å². The van der Waals surface area contributed by atoms with E-state index in [-0.39, 0.29) is 30.4 Å². The Morgan fingerprint density at radius 1 is 1.10 bits per heavy atom. The summed E-state index contributed by atoms with van der Waals surface area (Å²) in [6.45, 7) is 4.84. The van der Waals surface area contributed by atoms with Crippen LogP contribution in [0.1, 0.15) is 34.6 Å². The molecular weight excluding hydrogens is 386 g/mol. The number of ether oxygens (including phenoxy) is 2. The molecule has 4 amide bonds. The first-order valence-corrected chi connectivity index (χ1v) is 9.86. The lowest BCUT2D eigenvalue weighted by Crippen LogP contribution is -2.42. The minimum atomic E-state index is -0.437. The van der Waals surface area contributed by atoms with Crippen molar-refractivity contribution in [2.75, 3.05) is 25.0 Å². The van der Waals surface area contributed by atoms with Crippen LogP contribution >= 0.6 is 0 Å². The highest BCUT2D eigenvalue weighted by atomic mass is 16.6. The third-order valence-electron chi connectivity index (χ3n) is 4.83. The smallest absolute Gasteiger partial charge is 0.319 e. The number of hydrogen-bond acceptors (Lipinski definition) is 5. The Hall–Kier alpha value is -3.55. The van der Waals surface area contributed by atoms with Gasteiger partial charge in [-0.1, -0.05) is 26.0 Å². The number of benzene rings is 2. The number of carbonyl (C=O) groups is 3. The number of para-hydroxylation sites is 2. The summed E-state index contributed by atoms with van der Waals surface area (Å²) < 4.78 is 11.4. The lowest BCUT2D eigenvalue weighted by Gasteiger charge is -2.26. The van der Waals surface area contributed by atoms with Gasteiger partial charge >= 0.3 is 6.03 Å². The summed E-state index contributed by atoms with van der Waals surface area (Å²) in [7, 11) is 0. The highest BCUT2D eigenvalue weighted by Crippen LogP contribution is 2.30. The van der Waals surface area contributed by atoms with Gasteiger partial charge in [0.1, 0.15) is 6.61 Å². The average molecular weight is 409 g/mol. The summed E-state index contributed by atoms with van der Waals surface area (Å²) in [5.74, 6) is 0.868. The van der Waals surface area contributed by atoms with Crippen molar-refractivity contribution >= 4 is 23.5 Å². The second-order valence-corrected chi connectivity index (χ2v) is 7.71. The molecule has 2 heterocycles. The Balaban J connectivity index is 1.35. The van der Waals surface area contributed by atoms with Gasteiger partial charge in [0.2, 0.25) is 0 Å². The fourth-order valence-electron chi connectivity index (χ4n) is 3.44. The van der Waals surface area contributed by atoms with Crippen molar-refractivity contribution in [3.05, 3.63) is 53.6 Å². The zero-order valence-corrected chi connectivity index (χ0v) is 16.8. The lowest BCUT2D eigenvalue weighted by atomic mass is 10.1. The van der Waals surface area contributed by atoms with E-state index in [1.54, 1.807) is 12.1 Å². The molecule has 2 aliphatic rings. The highest BCUT2D eigenvalue weighted by molar-refractivity contribution is 6.21. The molecule has 0 aliphatic carbocycles. The molecule has 0 saturated heterocycles. The SMILES string of the molecule is CC(C)CN1C(=O)c2ccc(NC(=O)NCC3COc4ccccc4O3)cc2C1=O. The van der Waals surface area contributed by atoms with Gasteiger partial charge in [-0.15, -0.1) is 0 Å². The van der Waals surface area contributed by atoms with Crippen LogP contribution in [0.3, 0.4) is 0 Å². The molecule has 2 aromatic carbocycles. The van der Waals surface area contributed by atoms with Crippen LogP contribution in [0.4, 0.5) is 10.5 Å². The fraction of sp³-hybridized carbons (Fsp3) is 0.318. The van der Waals surface area contributed by atoms with E-state index in [2.05, 4.69) is 10.6 Å². The minimum Gasteiger partial charge on any atom is -0.486 e. The number of carbonyl (C=O) groups excluding carboxylic acids is 3. The summed E-state index contributed by atoms with van der Waals surface area (Å²) in [5, 5.41) is 5.43. The molecule has 0 saturated carbocycles. The van der Waals surface area contributed by atoms with Crippen LogP contribution in [0, 0.1) is 5.92 Å². The number of fused-ring (bicyclic) bond motifs is 2. The van der Waals surface area contributed by atoms with Crippen LogP contribution in [0.5, 0.6) is 11.5 Å². The van der Waals surface area contributed by atoms with Crippen LogP contribution in [-0.4, -0.2) is 48.5 Å². The number of imide groups is 1. The predicted octanol–water partition coefficient (Wildman–Crippen LogP) is 2.90. The number of nitrogens with one attached hydrogen (secondary N) is 2. The second-order valence-electron chi connectivity index (χ2n) is 7.71. The standard InChI is InChI=1S/C22H23N3O5/c1-13(2)11-25-20(26)16-8-7-14(9-17(16)21(25)27)24-22(28)23-10-15-12-29-18-5-3-4-6-19(18)30-15/h3-9,13,15H,10-12H2,1-2H3,(H2,23,24,28). The number of urea groups is 1. The number of anilines is 1. The Morgan fingerprint density at radius 2 is 1.83 bits per heavy atom. The fourth-order valence-corrected chi connectivity index (χ4v) is 3.44. The van der Waals surface area contributed by atoms with E-state index in [1.165, 1.54) is 11.0 Å². The zero-order valence-electron chi connectivity index (χ0n) is 16.8. The average Bonchev–Trinajstić information content (AvgIpc) is 2.96. The van der Waals surface area contributed by atoms with E-state index < -0.39 is 6.03 Å². The van der Waals surface area contributed by atoms with Gasteiger partial charge in [-0.2, -0.15) is 0 Å². The number of rotatable bonds is 5. The van der Waals surface area contributed by atoms with Crippen molar-refractivity contribution < 1.29 is 23.9 Å². The molecule has 1 atom stereocenters. The Labute approximate surface area is 174 Å². The molecule has 1 unspecified atom stereocenters. The summed E-state index contributed by atoms with van der Waals surface area (Å²) in [5.41, 5.74) is 1.10. The van der Waals surface area contributed by atoms with Gasteiger partial charge in [-0.3, -0.25) is 14.5 Å². The lowest BCUT2D eigenvalue weighted by molar-refractivity contribution is 0.0636. The maximum absolute atomic E-state index is 12.6. The molecule has 0 spiro atoms. The molecule has 0 fully saturated rings. The van der Waals surface area contributed by atoms with Crippen molar-refractivity contribution in [3.8, 4) is 11.5 Å². The maximum atomic E-state index is 12.6. The van der Waals surface area contributed by atoms with Crippen LogP contribution in [-0.2, 0) is 0 Å². The normalized spacial score (nSPS) is 17.2. The number of nitrogens with zero attached hydrogens (tertiary/aromatic N) is 1. The second kappa shape index (κ2) is 8.06. The van der Waals surface area contributed by atoms with Crippen LogP contribution in [0.2, 0.25) is 0 Å². The molecule has 0 radical (unpaired) electrons. The van der Waals surface area contributed by atoms with E-state index in [1.807, 2.05) is 38.1 Å².